The third-order valence-electron chi connectivity index (χ3n) is 4.57. The second-order valence-corrected chi connectivity index (χ2v) is 6.67. The van der Waals surface area contributed by atoms with Crippen LogP contribution in [0.25, 0.3) is 0 Å². The Hall–Kier alpha value is -1.85. The van der Waals surface area contributed by atoms with Crippen molar-refractivity contribution in [3.63, 3.8) is 0 Å². The minimum Gasteiger partial charge on any atom is -0.394 e. The molecule has 4 atom stereocenters. The number of ketones is 1. The Morgan fingerprint density at radius 2 is 2.22 bits per heavy atom. The van der Waals surface area contributed by atoms with E-state index in [0.717, 1.165) is 19.3 Å². The molecule has 1 aliphatic rings. The fourth-order valence-electron chi connectivity index (χ4n) is 2.91. The van der Waals surface area contributed by atoms with Gasteiger partial charge in [0.05, 0.1) is 18.8 Å². The molecule has 27 heavy (non-hydrogen) atoms. The number of nitrogens with zero attached hydrogens (tertiary/aromatic N) is 2. The van der Waals surface area contributed by atoms with E-state index in [1.54, 1.807) is 6.07 Å². The highest BCUT2D eigenvalue weighted by Gasteiger charge is 2.34. The maximum Gasteiger partial charge on any atom is 0.351 e. The Bertz CT molecular complexity index is 667. The summed E-state index contributed by atoms with van der Waals surface area (Å²) in [6.07, 6.45) is 2.43. The van der Waals surface area contributed by atoms with Gasteiger partial charge in [0.1, 0.15) is 18.1 Å². The highest BCUT2D eigenvalue weighted by Crippen LogP contribution is 2.27. The van der Waals surface area contributed by atoms with Gasteiger partial charge in [-0.05, 0) is 25.5 Å². The predicted octanol–water partition coefficient (Wildman–Crippen LogP) is -1.29. The average molecular weight is 383 g/mol. The lowest BCUT2D eigenvalue weighted by atomic mass is 10.1. The summed E-state index contributed by atoms with van der Waals surface area (Å²) < 4.78 is 6.70. The summed E-state index contributed by atoms with van der Waals surface area (Å²) in [4.78, 5) is 28.1. The van der Waals surface area contributed by atoms with E-state index in [2.05, 4.69) is 10.3 Å². The summed E-state index contributed by atoms with van der Waals surface area (Å²) in [6.45, 7) is 0.472. The molecule has 0 spiro atoms. The number of nitrogens with two attached hydrogens (primary N) is 2. The molecule has 1 aromatic rings. The lowest BCUT2D eigenvalue weighted by Gasteiger charge is -2.15. The van der Waals surface area contributed by atoms with Gasteiger partial charge in [-0.15, -0.1) is 0 Å². The fourth-order valence-corrected chi connectivity index (χ4v) is 2.91. The van der Waals surface area contributed by atoms with Crippen LogP contribution in [0.5, 0.6) is 0 Å². The summed E-state index contributed by atoms with van der Waals surface area (Å²) in [5, 5.41) is 21.8. The van der Waals surface area contributed by atoms with Gasteiger partial charge in [-0.25, -0.2) is 4.79 Å². The molecule has 1 unspecified atom stereocenters. The van der Waals surface area contributed by atoms with Crippen molar-refractivity contribution in [2.24, 2.45) is 11.5 Å². The summed E-state index contributed by atoms with van der Waals surface area (Å²) in [6, 6.07) is 0.896. The number of unbranched alkanes of at least 4 members (excludes halogenated alkanes) is 2. The largest absolute Gasteiger partial charge is 0.394 e. The number of aliphatic hydroxyl groups excluding tert-OH is 2. The van der Waals surface area contributed by atoms with E-state index in [1.165, 1.54) is 10.8 Å². The van der Waals surface area contributed by atoms with E-state index in [4.69, 9.17) is 21.3 Å². The molecule has 10 heteroatoms. The lowest BCUT2D eigenvalue weighted by molar-refractivity contribution is -0.120. The van der Waals surface area contributed by atoms with Gasteiger partial charge in [0.15, 0.2) is 5.78 Å². The summed E-state index contributed by atoms with van der Waals surface area (Å²) >= 11 is 0. The second-order valence-electron chi connectivity index (χ2n) is 6.67. The molecule has 1 fully saturated rings. The van der Waals surface area contributed by atoms with Crippen LogP contribution in [-0.2, 0) is 9.53 Å². The first-order valence-electron chi connectivity index (χ1n) is 9.22. The standard InChI is InChI=1S/C17H29N5O5/c18-6-3-1-2-4-12(24)11(19)9-20-15-5-7-22(17(26)21-15)16-8-13(25)14(10-23)27-16/h5,7,11,13-14,16,23,25H,1-4,6,8-10,18-19H2,(H,20,21,26)/t11?,13-,14+,16+/m0/s1. The molecule has 7 N–H and O–H groups in total. The van der Waals surface area contributed by atoms with Gasteiger partial charge in [-0.2, -0.15) is 4.98 Å². The van der Waals surface area contributed by atoms with Crippen molar-refractivity contribution in [1.82, 2.24) is 9.55 Å². The first kappa shape index (κ1) is 21.5. The molecule has 10 nitrogen and oxygen atoms in total. The summed E-state index contributed by atoms with van der Waals surface area (Å²) in [5.41, 5.74) is 10.7. The van der Waals surface area contributed by atoms with Gasteiger partial charge in [0.25, 0.3) is 0 Å². The average Bonchev–Trinajstić information content (AvgIpc) is 3.03. The number of aromatic nitrogens is 2. The summed E-state index contributed by atoms with van der Waals surface area (Å²) in [7, 11) is 0. The quantitative estimate of drug-likeness (QED) is 0.292. The van der Waals surface area contributed by atoms with Crippen LogP contribution < -0.4 is 22.5 Å². The molecule has 2 heterocycles. The highest BCUT2D eigenvalue weighted by molar-refractivity contribution is 5.84. The van der Waals surface area contributed by atoms with E-state index >= 15 is 0 Å². The van der Waals surface area contributed by atoms with Gasteiger partial charge in [-0.3, -0.25) is 9.36 Å². The van der Waals surface area contributed by atoms with Gasteiger partial charge >= 0.3 is 5.69 Å². The molecule has 0 bridgehead atoms. The molecule has 1 aromatic heterocycles. The Morgan fingerprint density at radius 1 is 1.44 bits per heavy atom. The third kappa shape index (κ3) is 6.08. The predicted molar refractivity (Wildman–Crippen MR) is 99.1 cm³/mol. The maximum atomic E-state index is 12.2. The van der Waals surface area contributed by atoms with Crippen LogP contribution in [0.1, 0.15) is 38.3 Å². The van der Waals surface area contributed by atoms with Crippen LogP contribution in [0.3, 0.4) is 0 Å². The number of ether oxygens (including phenoxy) is 1. The number of anilines is 1. The molecular formula is C17H29N5O5. The van der Waals surface area contributed by atoms with Gasteiger partial charge in [0.2, 0.25) is 0 Å². The minimum absolute atomic E-state index is 0.0451. The molecular weight excluding hydrogens is 354 g/mol. The lowest BCUT2D eigenvalue weighted by Crippen LogP contribution is -2.37. The van der Waals surface area contributed by atoms with Crippen molar-refractivity contribution in [1.29, 1.82) is 0 Å². The number of rotatable bonds is 11. The molecule has 0 aliphatic carbocycles. The third-order valence-corrected chi connectivity index (χ3v) is 4.57. The highest BCUT2D eigenvalue weighted by atomic mass is 16.5. The molecule has 1 aliphatic heterocycles. The molecule has 152 valence electrons. The van der Waals surface area contributed by atoms with Crippen molar-refractivity contribution >= 4 is 11.6 Å². The van der Waals surface area contributed by atoms with Crippen LogP contribution >= 0.6 is 0 Å². The number of carbonyl (C=O) groups excluding carboxylic acids is 1. The van der Waals surface area contributed by atoms with E-state index in [-0.39, 0.29) is 25.4 Å². The normalized spacial score (nSPS) is 23.3. The minimum atomic E-state index is -0.835. The zero-order valence-electron chi connectivity index (χ0n) is 15.3. The van der Waals surface area contributed by atoms with Crippen molar-refractivity contribution in [3.8, 4) is 0 Å². The van der Waals surface area contributed by atoms with Crippen LogP contribution in [-0.4, -0.2) is 63.5 Å². The second kappa shape index (κ2) is 10.5. The fraction of sp³-hybridized carbons (Fsp3) is 0.706. The molecule has 2 rings (SSSR count). The van der Waals surface area contributed by atoms with Crippen LogP contribution in [0.15, 0.2) is 17.1 Å². The maximum absolute atomic E-state index is 12.2. The van der Waals surface area contributed by atoms with Crippen molar-refractivity contribution < 1.29 is 19.7 Å². The number of hydrogen-bond donors (Lipinski definition) is 5. The summed E-state index contributed by atoms with van der Waals surface area (Å²) in [5.74, 6) is 0.260. The SMILES string of the molecule is NCCCCCC(=O)C(N)CNc1ccn([C@H]2C[C@H](O)[C@@H](CO)O2)c(=O)n1. The van der Waals surface area contributed by atoms with Crippen molar-refractivity contribution in [2.45, 2.75) is 56.6 Å². The molecule has 0 radical (unpaired) electrons. The Kier molecular flexibility index (Phi) is 8.32. The van der Waals surface area contributed by atoms with Crippen molar-refractivity contribution in [3.05, 3.63) is 22.7 Å². The van der Waals surface area contributed by atoms with E-state index in [1.807, 2.05) is 0 Å². The topological polar surface area (TPSA) is 166 Å². The zero-order chi connectivity index (χ0) is 19.8. The monoisotopic (exact) mass is 383 g/mol. The van der Waals surface area contributed by atoms with Crippen LogP contribution in [0.2, 0.25) is 0 Å². The van der Waals surface area contributed by atoms with Gasteiger partial charge in [-0.1, -0.05) is 6.42 Å². The van der Waals surface area contributed by atoms with Crippen molar-refractivity contribution in [2.75, 3.05) is 25.0 Å². The number of Topliss-reactive ketones (excluding diaryl/α,β-unsaturated/α-hetero) is 1. The molecule has 0 amide bonds. The van der Waals surface area contributed by atoms with Gasteiger partial charge in [0, 0.05) is 25.6 Å². The smallest absolute Gasteiger partial charge is 0.351 e. The zero-order valence-corrected chi connectivity index (χ0v) is 15.3. The van der Waals surface area contributed by atoms with Gasteiger partial charge < -0.3 is 31.7 Å². The number of nitrogens with one attached hydrogen (secondary N) is 1. The molecule has 0 aromatic carbocycles. The van der Waals surface area contributed by atoms with Crippen LogP contribution in [0.4, 0.5) is 5.82 Å². The van der Waals surface area contributed by atoms with E-state index in [0.29, 0.717) is 18.8 Å². The number of hydrogen-bond acceptors (Lipinski definition) is 9. The Labute approximate surface area is 157 Å². The van der Waals surface area contributed by atoms with Crippen LogP contribution in [0, 0.1) is 0 Å². The number of aliphatic hydroxyl groups is 2. The first-order valence-corrected chi connectivity index (χ1v) is 9.22. The Morgan fingerprint density at radius 3 is 2.85 bits per heavy atom. The molecule has 1 saturated heterocycles. The number of carbonyl (C=O) groups is 1. The Balaban J connectivity index is 1.85. The van der Waals surface area contributed by atoms with E-state index in [9.17, 15) is 14.7 Å². The first-order chi connectivity index (χ1) is 13.0. The molecule has 0 saturated carbocycles. The van der Waals surface area contributed by atoms with E-state index < -0.39 is 30.2 Å².